The number of nitrogens with zero attached hydrogens (tertiary/aromatic N) is 2. The Morgan fingerprint density at radius 1 is 1.25 bits per heavy atom. The van der Waals surface area contributed by atoms with Crippen molar-refractivity contribution in [2.75, 3.05) is 26.2 Å². The molecule has 0 spiro atoms. The molecular formula is C12H23N3O4S. The minimum absolute atomic E-state index is 0.0703. The van der Waals surface area contributed by atoms with Gasteiger partial charge in [-0.3, -0.25) is 4.79 Å². The number of nitrogens with two attached hydrogens (primary N) is 1. The fourth-order valence-electron chi connectivity index (χ4n) is 2.75. The molecule has 0 saturated carbocycles. The van der Waals surface area contributed by atoms with Crippen LogP contribution in [0.4, 0.5) is 0 Å². The van der Waals surface area contributed by atoms with Crippen LogP contribution in [0.5, 0.6) is 0 Å². The highest BCUT2D eigenvalue weighted by Gasteiger charge is 2.42. The van der Waals surface area contributed by atoms with E-state index in [1.54, 1.807) is 6.92 Å². The van der Waals surface area contributed by atoms with Gasteiger partial charge >= 0.3 is 5.97 Å². The van der Waals surface area contributed by atoms with Crippen molar-refractivity contribution in [3.05, 3.63) is 0 Å². The molecule has 1 atom stereocenters. The second kappa shape index (κ2) is 6.38. The highest BCUT2D eigenvalue weighted by Crippen LogP contribution is 2.26. The molecule has 20 heavy (non-hydrogen) atoms. The van der Waals surface area contributed by atoms with Crippen LogP contribution in [0.15, 0.2) is 0 Å². The van der Waals surface area contributed by atoms with Crippen LogP contribution in [0.2, 0.25) is 0 Å². The quantitative estimate of drug-likeness (QED) is 0.719. The van der Waals surface area contributed by atoms with E-state index in [1.165, 1.54) is 8.61 Å². The molecule has 2 rings (SSSR count). The third-order valence-electron chi connectivity index (χ3n) is 3.88. The molecule has 116 valence electrons. The molecule has 0 aromatic heterocycles. The number of carbonyl (C=O) groups is 1. The van der Waals surface area contributed by atoms with Gasteiger partial charge in [0.05, 0.1) is 6.61 Å². The lowest BCUT2D eigenvalue weighted by molar-refractivity contribution is -0.146. The van der Waals surface area contributed by atoms with E-state index >= 15 is 0 Å². The minimum Gasteiger partial charge on any atom is -0.465 e. The normalized spacial score (nSPS) is 26.8. The SMILES string of the molecule is CCOC(=O)C1CCCN1S(=O)(=O)N1CCC(N)CC1. The lowest BCUT2D eigenvalue weighted by atomic mass is 10.1. The van der Waals surface area contributed by atoms with E-state index in [0.29, 0.717) is 45.3 Å². The average Bonchev–Trinajstić information content (AvgIpc) is 2.89. The predicted octanol–water partition coefficient (Wildman–Crippen LogP) is -0.318. The molecule has 0 amide bonds. The Balaban J connectivity index is 2.09. The zero-order chi connectivity index (χ0) is 14.8. The first-order valence-corrected chi connectivity index (χ1v) is 8.55. The Bertz CT molecular complexity index is 446. The Labute approximate surface area is 120 Å². The van der Waals surface area contributed by atoms with Crippen LogP contribution >= 0.6 is 0 Å². The highest BCUT2D eigenvalue weighted by molar-refractivity contribution is 7.86. The van der Waals surface area contributed by atoms with Crippen LogP contribution in [-0.2, 0) is 19.7 Å². The summed E-state index contributed by atoms with van der Waals surface area (Å²) in [6.07, 6.45) is 2.55. The van der Waals surface area contributed by atoms with E-state index in [2.05, 4.69) is 0 Å². The van der Waals surface area contributed by atoms with Crippen molar-refractivity contribution in [3.8, 4) is 0 Å². The standard InChI is InChI=1S/C12H23N3O4S/c1-2-19-12(16)11-4-3-7-15(11)20(17,18)14-8-5-10(13)6-9-14/h10-11H,2-9,13H2,1H3. The lowest BCUT2D eigenvalue weighted by Gasteiger charge is -2.34. The summed E-state index contributed by atoms with van der Waals surface area (Å²) >= 11 is 0. The number of ether oxygens (including phenoxy) is 1. The van der Waals surface area contributed by atoms with E-state index in [-0.39, 0.29) is 12.6 Å². The molecule has 2 fully saturated rings. The van der Waals surface area contributed by atoms with E-state index in [1.807, 2.05) is 0 Å². The zero-order valence-electron chi connectivity index (χ0n) is 11.8. The van der Waals surface area contributed by atoms with Crippen LogP contribution in [-0.4, -0.2) is 61.3 Å². The molecule has 0 bridgehead atoms. The molecule has 2 N–H and O–H groups in total. The number of hydrogen-bond acceptors (Lipinski definition) is 5. The fourth-order valence-corrected chi connectivity index (χ4v) is 4.59. The smallest absolute Gasteiger partial charge is 0.324 e. The van der Waals surface area contributed by atoms with Gasteiger partial charge < -0.3 is 10.5 Å². The Morgan fingerprint density at radius 3 is 2.50 bits per heavy atom. The molecule has 2 heterocycles. The summed E-state index contributed by atoms with van der Waals surface area (Å²) in [5.41, 5.74) is 5.80. The van der Waals surface area contributed by atoms with Gasteiger partial charge in [0.2, 0.25) is 0 Å². The van der Waals surface area contributed by atoms with Crippen LogP contribution in [0, 0.1) is 0 Å². The molecule has 2 aliphatic rings. The molecule has 0 aromatic rings. The van der Waals surface area contributed by atoms with Crippen molar-refractivity contribution in [3.63, 3.8) is 0 Å². The average molecular weight is 305 g/mol. The second-order valence-electron chi connectivity index (χ2n) is 5.27. The summed E-state index contributed by atoms with van der Waals surface area (Å²) in [7, 11) is -3.59. The molecular weight excluding hydrogens is 282 g/mol. The summed E-state index contributed by atoms with van der Waals surface area (Å²) in [5.74, 6) is -0.442. The third kappa shape index (κ3) is 3.13. The molecule has 0 aromatic carbocycles. The molecule has 0 radical (unpaired) electrons. The molecule has 2 saturated heterocycles. The van der Waals surface area contributed by atoms with E-state index in [9.17, 15) is 13.2 Å². The molecule has 7 nitrogen and oxygen atoms in total. The fraction of sp³-hybridized carbons (Fsp3) is 0.917. The zero-order valence-corrected chi connectivity index (χ0v) is 12.6. The second-order valence-corrected chi connectivity index (χ2v) is 7.15. The monoisotopic (exact) mass is 305 g/mol. The maximum absolute atomic E-state index is 12.6. The Morgan fingerprint density at radius 2 is 1.90 bits per heavy atom. The maximum atomic E-state index is 12.6. The van der Waals surface area contributed by atoms with Crippen molar-refractivity contribution in [2.24, 2.45) is 5.73 Å². The van der Waals surface area contributed by atoms with Gasteiger partial charge in [-0.1, -0.05) is 0 Å². The van der Waals surface area contributed by atoms with Gasteiger partial charge in [-0.05, 0) is 32.6 Å². The summed E-state index contributed by atoms with van der Waals surface area (Å²) in [4.78, 5) is 11.9. The topological polar surface area (TPSA) is 92.9 Å². The molecule has 2 aliphatic heterocycles. The van der Waals surface area contributed by atoms with E-state index in [4.69, 9.17) is 10.5 Å². The molecule has 0 aliphatic carbocycles. The van der Waals surface area contributed by atoms with Gasteiger partial charge in [0.25, 0.3) is 10.2 Å². The number of rotatable bonds is 4. The van der Waals surface area contributed by atoms with Crippen molar-refractivity contribution in [1.29, 1.82) is 0 Å². The number of esters is 1. The number of hydrogen-bond donors (Lipinski definition) is 1. The van der Waals surface area contributed by atoms with Crippen LogP contribution in [0.1, 0.15) is 32.6 Å². The van der Waals surface area contributed by atoms with E-state index < -0.39 is 22.2 Å². The number of carbonyl (C=O) groups excluding carboxylic acids is 1. The number of piperidine rings is 1. The third-order valence-corrected chi connectivity index (χ3v) is 5.93. The maximum Gasteiger partial charge on any atom is 0.324 e. The first-order chi connectivity index (χ1) is 9.46. The summed E-state index contributed by atoms with van der Waals surface area (Å²) < 4.78 is 32.9. The van der Waals surface area contributed by atoms with Crippen LogP contribution in [0.25, 0.3) is 0 Å². The van der Waals surface area contributed by atoms with Crippen molar-refractivity contribution in [1.82, 2.24) is 8.61 Å². The van der Waals surface area contributed by atoms with Crippen molar-refractivity contribution in [2.45, 2.75) is 44.7 Å². The predicted molar refractivity (Wildman–Crippen MR) is 74.1 cm³/mol. The van der Waals surface area contributed by atoms with Gasteiger partial charge in [-0.25, -0.2) is 0 Å². The summed E-state index contributed by atoms with van der Waals surface area (Å²) in [5, 5.41) is 0. The first kappa shape index (κ1) is 15.7. The molecule has 8 heteroatoms. The van der Waals surface area contributed by atoms with E-state index in [0.717, 1.165) is 0 Å². The van der Waals surface area contributed by atoms with Gasteiger partial charge in [0, 0.05) is 25.7 Å². The Hall–Kier alpha value is -0.700. The van der Waals surface area contributed by atoms with Crippen molar-refractivity contribution >= 4 is 16.2 Å². The van der Waals surface area contributed by atoms with Crippen molar-refractivity contribution < 1.29 is 17.9 Å². The largest absolute Gasteiger partial charge is 0.465 e. The van der Waals surface area contributed by atoms with Crippen LogP contribution < -0.4 is 5.73 Å². The lowest BCUT2D eigenvalue weighted by Crippen LogP contribution is -2.52. The minimum atomic E-state index is -3.59. The highest BCUT2D eigenvalue weighted by atomic mass is 32.2. The van der Waals surface area contributed by atoms with Gasteiger partial charge in [-0.15, -0.1) is 0 Å². The summed E-state index contributed by atoms with van der Waals surface area (Å²) in [6, 6.07) is -0.601. The van der Waals surface area contributed by atoms with Gasteiger partial charge in [0.1, 0.15) is 6.04 Å². The molecule has 1 unspecified atom stereocenters. The van der Waals surface area contributed by atoms with Gasteiger partial charge in [-0.2, -0.15) is 17.0 Å². The Kier molecular flexibility index (Phi) is 5.00. The van der Waals surface area contributed by atoms with Gasteiger partial charge in [0.15, 0.2) is 0 Å². The first-order valence-electron chi connectivity index (χ1n) is 7.16. The van der Waals surface area contributed by atoms with Crippen LogP contribution in [0.3, 0.4) is 0 Å². The summed E-state index contributed by atoms with van der Waals surface area (Å²) in [6.45, 7) is 3.22.